The Balaban J connectivity index is 1.98. The van der Waals surface area contributed by atoms with Crippen LogP contribution in [0.25, 0.3) is 0 Å². The van der Waals surface area contributed by atoms with Crippen LogP contribution >= 0.6 is 0 Å². The molecule has 0 aliphatic heterocycles. The van der Waals surface area contributed by atoms with E-state index < -0.39 is 10.8 Å². The lowest BCUT2D eigenvalue weighted by Crippen LogP contribution is -2.36. The van der Waals surface area contributed by atoms with Gasteiger partial charge in [-0.2, -0.15) is 0 Å². The van der Waals surface area contributed by atoms with Gasteiger partial charge in [-0.05, 0) is 43.9 Å². The van der Waals surface area contributed by atoms with E-state index in [1.165, 1.54) is 18.9 Å². The van der Waals surface area contributed by atoms with Crippen LogP contribution in [0.1, 0.15) is 26.2 Å². The summed E-state index contributed by atoms with van der Waals surface area (Å²) in [5.74, 6) is 0.791. The third-order valence-electron chi connectivity index (χ3n) is 3.26. The summed E-state index contributed by atoms with van der Waals surface area (Å²) in [6.07, 6.45) is 3.47. The van der Waals surface area contributed by atoms with E-state index in [9.17, 15) is 8.60 Å². The Morgan fingerprint density at radius 2 is 2.17 bits per heavy atom. The van der Waals surface area contributed by atoms with Gasteiger partial charge < -0.3 is 5.32 Å². The second-order valence-electron chi connectivity index (χ2n) is 4.84. The highest BCUT2D eigenvalue weighted by Crippen LogP contribution is 2.33. The topological polar surface area (TPSA) is 29.1 Å². The third-order valence-corrected chi connectivity index (χ3v) is 4.74. The molecule has 0 bridgehead atoms. The second-order valence-corrected chi connectivity index (χ2v) is 6.30. The smallest absolute Gasteiger partial charge is 0.139 e. The summed E-state index contributed by atoms with van der Waals surface area (Å²) in [6, 6.07) is 6.63. The van der Waals surface area contributed by atoms with Gasteiger partial charge in [-0.15, -0.1) is 0 Å². The van der Waals surface area contributed by atoms with Gasteiger partial charge in [0.2, 0.25) is 0 Å². The van der Waals surface area contributed by atoms with Crippen LogP contribution < -0.4 is 5.32 Å². The Labute approximate surface area is 110 Å². The molecular weight excluding hydrogens is 249 g/mol. The standard InChI is InChI=1S/C14H20FNOS/c1-2-9-16-13(11-7-8-11)10-18(17)14-6-4-3-5-12(14)15/h3-6,11,13,16H,2,7-10H2,1H3. The molecule has 1 N–H and O–H groups in total. The number of hydrogen-bond donors (Lipinski definition) is 1. The average molecular weight is 269 g/mol. The van der Waals surface area contributed by atoms with E-state index in [4.69, 9.17) is 0 Å². The monoisotopic (exact) mass is 269 g/mol. The highest BCUT2D eigenvalue weighted by molar-refractivity contribution is 7.85. The first-order valence-electron chi connectivity index (χ1n) is 6.58. The van der Waals surface area contributed by atoms with Crippen molar-refractivity contribution in [3.05, 3.63) is 30.1 Å². The van der Waals surface area contributed by atoms with Crippen molar-refractivity contribution in [1.82, 2.24) is 5.32 Å². The molecular formula is C14H20FNOS. The summed E-state index contributed by atoms with van der Waals surface area (Å²) in [6.45, 7) is 3.06. The predicted octanol–water partition coefficient (Wildman–Crippen LogP) is 2.71. The van der Waals surface area contributed by atoms with E-state index >= 15 is 0 Å². The lowest BCUT2D eigenvalue weighted by Gasteiger charge is -2.17. The number of rotatable bonds is 7. The number of benzene rings is 1. The maximum atomic E-state index is 13.5. The SMILES string of the molecule is CCCNC(CS(=O)c1ccccc1F)C1CC1. The zero-order valence-electron chi connectivity index (χ0n) is 10.7. The highest BCUT2D eigenvalue weighted by atomic mass is 32.2. The Morgan fingerprint density at radius 3 is 2.78 bits per heavy atom. The zero-order valence-corrected chi connectivity index (χ0v) is 11.5. The molecule has 0 heterocycles. The summed E-state index contributed by atoms with van der Waals surface area (Å²) < 4.78 is 25.7. The molecule has 1 saturated carbocycles. The van der Waals surface area contributed by atoms with Crippen LogP contribution in [-0.2, 0) is 10.8 Å². The summed E-state index contributed by atoms with van der Waals surface area (Å²) in [5, 5.41) is 3.44. The fourth-order valence-corrected chi connectivity index (χ4v) is 3.48. The fraction of sp³-hybridized carbons (Fsp3) is 0.571. The number of halogens is 1. The van der Waals surface area contributed by atoms with Crippen molar-refractivity contribution in [3.8, 4) is 0 Å². The van der Waals surface area contributed by atoms with Crippen molar-refractivity contribution in [2.24, 2.45) is 5.92 Å². The normalized spacial score (nSPS) is 18.6. The second kappa shape index (κ2) is 6.43. The van der Waals surface area contributed by atoms with Gasteiger partial charge in [0, 0.05) is 11.8 Å². The van der Waals surface area contributed by atoms with Gasteiger partial charge in [-0.3, -0.25) is 4.21 Å². The van der Waals surface area contributed by atoms with Crippen LogP contribution in [0, 0.1) is 11.7 Å². The molecule has 100 valence electrons. The van der Waals surface area contributed by atoms with Crippen LogP contribution in [-0.4, -0.2) is 22.5 Å². The largest absolute Gasteiger partial charge is 0.313 e. The van der Waals surface area contributed by atoms with Crippen LogP contribution in [0.5, 0.6) is 0 Å². The van der Waals surface area contributed by atoms with Crippen LogP contribution in [0.2, 0.25) is 0 Å². The first kappa shape index (κ1) is 13.7. The summed E-state index contributed by atoms with van der Waals surface area (Å²) in [7, 11) is -1.25. The molecule has 1 fully saturated rings. The molecule has 18 heavy (non-hydrogen) atoms. The van der Waals surface area contributed by atoms with Crippen molar-refractivity contribution in [1.29, 1.82) is 0 Å². The van der Waals surface area contributed by atoms with Crippen molar-refractivity contribution >= 4 is 10.8 Å². The molecule has 2 unspecified atom stereocenters. The Hall–Kier alpha value is -0.740. The number of hydrogen-bond acceptors (Lipinski definition) is 2. The molecule has 0 amide bonds. The predicted molar refractivity (Wildman–Crippen MR) is 72.5 cm³/mol. The number of nitrogens with one attached hydrogen (secondary N) is 1. The molecule has 2 nitrogen and oxygen atoms in total. The minimum Gasteiger partial charge on any atom is -0.313 e. The van der Waals surface area contributed by atoms with E-state index in [0.717, 1.165) is 13.0 Å². The fourth-order valence-electron chi connectivity index (χ4n) is 2.07. The van der Waals surface area contributed by atoms with Crippen molar-refractivity contribution in [2.45, 2.75) is 37.1 Å². The van der Waals surface area contributed by atoms with Gasteiger partial charge in [-0.25, -0.2) is 4.39 Å². The minimum atomic E-state index is -1.25. The van der Waals surface area contributed by atoms with Crippen LogP contribution in [0.4, 0.5) is 4.39 Å². The third kappa shape index (κ3) is 3.62. The zero-order chi connectivity index (χ0) is 13.0. The van der Waals surface area contributed by atoms with Gasteiger partial charge in [0.1, 0.15) is 5.82 Å². The maximum Gasteiger partial charge on any atom is 0.139 e. The molecule has 0 aromatic heterocycles. The Bertz CT molecular complexity index is 420. The van der Waals surface area contributed by atoms with Crippen molar-refractivity contribution < 1.29 is 8.60 Å². The molecule has 2 rings (SSSR count). The molecule has 4 heteroatoms. The summed E-state index contributed by atoms with van der Waals surface area (Å²) >= 11 is 0. The quantitative estimate of drug-likeness (QED) is 0.824. The summed E-state index contributed by atoms with van der Waals surface area (Å²) in [4.78, 5) is 0.335. The minimum absolute atomic E-state index is 0.269. The summed E-state index contributed by atoms with van der Waals surface area (Å²) in [5.41, 5.74) is 0. The highest BCUT2D eigenvalue weighted by Gasteiger charge is 2.32. The molecule has 1 aliphatic carbocycles. The van der Waals surface area contributed by atoms with Gasteiger partial charge in [-0.1, -0.05) is 19.1 Å². The maximum absolute atomic E-state index is 13.5. The van der Waals surface area contributed by atoms with Crippen molar-refractivity contribution in [2.75, 3.05) is 12.3 Å². The Morgan fingerprint density at radius 1 is 1.44 bits per heavy atom. The van der Waals surface area contributed by atoms with E-state index in [2.05, 4.69) is 12.2 Å². The van der Waals surface area contributed by atoms with Gasteiger partial charge in [0.05, 0.1) is 15.7 Å². The van der Waals surface area contributed by atoms with E-state index in [-0.39, 0.29) is 11.9 Å². The molecule has 0 spiro atoms. The van der Waals surface area contributed by atoms with E-state index in [1.807, 2.05) is 0 Å². The first-order valence-corrected chi connectivity index (χ1v) is 7.90. The first-order chi connectivity index (χ1) is 8.72. The van der Waals surface area contributed by atoms with Crippen molar-refractivity contribution in [3.63, 3.8) is 0 Å². The van der Waals surface area contributed by atoms with Crippen LogP contribution in [0.15, 0.2) is 29.2 Å². The van der Waals surface area contributed by atoms with Gasteiger partial charge in [0.15, 0.2) is 0 Å². The molecule has 0 radical (unpaired) electrons. The molecule has 0 saturated heterocycles. The lowest BCUT2D eigenvalue weighted by molar-refractivity contribution is 0.497. The van der Waals surface area contributed by atoms with Crippen LogP contribution in [0.3, 0.4) is 0 Å². The molecule has 1 aromatic rings. The lowest BCUT2D eigenvalue weighted by atomic mass is 10.2. The molecule has 2 atom stereocenters. The molecule has 1 aromatic carbocycles. The van der Waals surface area contributed by atoms with Gasteiger partial charge >= 0.3 is 0 Å². The Kier molecular flexibility index (Phi) is 4.89. The van der Waals surface area contributed by atoms with E-state index in [1.54, 1.807) is 18.2 Å². The molecule has 1 aliphatic rings. The van der Waals surface area contributed by atoms with E-state index in [0.29, 0.717) is 16.6 Å². The average Bonchev–Trinajstić information content (AvgIpc) is 3.19. The van der Waals surface area contributed by atoms with Gasteiger partial charge in [0.25, 0.3) is 0 Å².